The predicted molar refractivity (Wildman–Crippen MR) is 55.4 cm³/mol. The minimum Gasteiger partial charge on any atom is -0.462 e. The number of nitrogens with two attached hydrogens (primary N) is 2. The molecule has 0 radical (unpaired) electrons. The van der Waals surface area contributed by atoms with Crippen LogP contribution in [0.1, 0.15) is 16.6 Å². The van der Waals surface area contributed by atoms with Gasteiger partial charge in [0.25, 0.3) is 0 Å². The van der Waals surface area contributed by atoms with Crippen LogP contribution < -0.4 is 11.5 Å². The lowest BCUT2D eigenvalue weighted by atomic mass is 10.3. The maximum absolute atomic E-state index is 11.3. The van der Waals surface area contributed by atoms with Gasteiger partial charge in [0, 0.05) is 0 Å². The smallest absolute Gasteiger partial charge is 0.349 e. The summed E-state index contributed by atoms with van der Waals surface area (Å²) in [5.41, 5.74) is 11.3. The molecule has 0 atom stereocenters. The quantitative estimate of drug-likeness (QED) is 0.575. The topological polar surface area (TPSA) is 82.7 Å². The first kappa shape index (κ1) is 10.3. The molecule has 0 saturated heterocycles. The number of rotatable bonds is 2. The zero-order valence-corrected chi connectivity index (χ0v) is 8.35. The Morgan fingerprint density at radius 3 is 2.71 bits per heavy atom. The molecule has 0 spiro atoms. The van der Waals surface area contributed by atoms with Gasteiger partial charge >= 0.3 is 5.97 Å². The van der Waals surface area contributed by atoms with Crippen LogP contribution in [-0.4, -0.2) is 12.6 Å². The fourth-order valence-electron chi connectivity index (χ4n) is 0.917. The molecular formula is C8H9N3O2S. The molecule has 0 saturated carbocycles. The van der Waals surface area contributed by atoms with Gasteiger partial charge in [0.05, 0.1) is 23.9 Å². The van der Waals surface area contributed by atoms with Crippen molar-refractivity contribution in [3.8, 4) is 0 Å². The SMILES string of the molecule is [C-]#[N+]c1c(N)sc(C(=O)OCC)c1N. The second-order valence-electron chi connectivity index (χ2n) is 2.39. The van der Waals surface area contributed by atoms with E-state index >= 15 is 0 Å². The van der Waals surface area contributed by atoms with E-state index in [1.807, 2.05) is 0 Å². The fraction of sp³-hybridized carbons (Fsp3) is 0.250. The number of thiophene rings is 1. The largest absolute Gasteiger partial charge is 0.462 e. The van der Waals surface area contributed by atoms with Crippen LogP contribution in [-0.2, 0) is 4.74 Å². The number of hydrogen-bond acceptors (Lipinski definition) is 5. The summed E-state index contributed by atoms with van der Waals surface area (Å²) in [7, 11) is 0. The molecule has 1 heterocycles. The van der Waals surface area contributed by atoms with Crippen LogP contribution in [0.3, 0.4) is 0 Å². The molecule has 0 bridgehead atoms. The van der Waals surface area contributed by atoms with E-state index in [2.05, 4.69) is 4.85 Å². The van der Waals surface area contributed by atoms with Gasteiger partial charge in [-0.25, -0.2) is 9.64 Å². The lowest BCUT2D eigenvalue weighted by molar-refractivity contribution is 0.0533. The van der Waals surface area contributed by atoms with Crippen LogP contribution in [0.2, 0.25) is 0 Å². The van der Waals surface area contributed by atoms with Gasteiger partial charge in [0.2, 0.25) is 5.69 Å². The van der Waals surface area contributed by atoms with Crippen molar-refractivity contribution in [3.05, 3.63) is 16.3 Å². The van der Waals surface area contributed by atoms with Crippen molar-refractivity contribution in [2.45, 2.75) is 6.92 Å². The second kappa shape index (κ2) is 3.98. The van der Waals surface area contributed by atoms with Gasteiger partial charge in [-0.1, -0.05) is 0 Å². The van der Waals surface area contributed by atoms with Gasteiger partial charge < -0.3 is 16.2 Å². The molecule has 0 aromatic carbocycles. The lowest BCUT2D eigenvalue weighted by Crippen LogP contribution is -2.04. The van der Waals surface area contributed by atoms with Gasteiger partial charge in [-0.2, -0.15) is 0 Å². The Labute approximate surface area is 85.1 Å². The molecule has 6 heteroatoms. The molecule has 74 valence electrons. The van der Waals surface area contributed by atoms with Crippen molar-refractivity contribution in [2.24, 2.45) is 0 Å². The van der Waals surface area contributed by atoms with Crippen molar-refractivity contribution in [2.75, 3.05) is 18.1 Å². The number of ether oxygens (including phenoxy) is 1. The van der Waals surface area contributed by atoms with Crippen LogP contribution in [0.25, 0.3) is 4.85 Å². The number of nitrogens with zero attached hydrogens (tertiary/aromatic N) is 1. The molecule has 1 aromatic rings. The number of carbonyl (C=O) groups is 1. The van der Waals surface area contributed by atoms with E-state index in [1.165, 1.54) is 0 Å². The van der Waals surface area contributed by atoms with Crippen LogP contribution in [0, 0.1) is 6.57 Å². The maximum atomic E-state index is 11.3. The standard InChI is InChI=1S/C8H9N3O2S/c1-3-13-8(12)6-4(9)5(11-2)7(10)14-6/h3,9-10H2,1H3. The van der Waals surface area contributed by atoms with Gasteiger partial charge in [-0.05, 0) is 6.92 Å². The summed E-state index contributed by atoms with van der Waals surface area (Å²) in [5, 5.41) is 0.251. The number of nitrogen functional groups attached to an aromatic ring is 2. The average molecular weight is 211 g/mol. The van der Waals surface area contributed by atoms with Crippen molar-refractivity contribution in [1.29, 1.82) is 0 Å². The van der Waals surface area contributed by atoms with Crippen LogP contribution in [0.5, 0.6) is 0 Å². The second-order valence-corrected chi connectivity index (χ2v) is 3.44. The van der Waals surface area contributed by atoms with Gasteiger partial charge in [-0.3, -0.25) is 0 Å². The van der Waals surface area contributed by atoms with E-state index in [0.29, 0.717) is 0 Å². The molecule has 14 heavy (non-hydrogen) atoms. The van der Waals surface area contributed by atoms with Crippen molar-refractivity contribution < 1.29 is 9.53 Å². The number of esters is 1. The predicted octanol–water partition coefficient (Wildman–Crippen LogP) is 1.64. The molecule has 0 unspecified atom stereocenters. The summed E-state index contributed by atoms with van der Waals surface area (Å²) in [6.07, 6.45) is 0. The van der Waals surface area contributed by atoms with E-state index in [1.54, 1.807) is 6.92 Å². The summed E-state index contributed by atoms with van der Waals surface area (Å²) >= 11 is 0.978. The molecule has 1 aromatic heterocycles. The van der Waals surface area contributed by atoms with Crippen LogP contribution >= 0.6 is 11.3 Å². The lowest BCUT2D eigenvalue weighted by Gasteiger charge is -1.99. The maximum Gasteiger partial charge on any atom is 0.349 e. The summed E-state index contributed by atoms with van der Waals surface area (Å²) in [4.78, 5) is 14.6. The minimum absolute atomic E-state index is 0.112. The van der Waals surface area contributed by atoms with Crippen LogP contribution in [0.15, 0.2) is 0 Å². The zero-order chi connectivity index (χ0) is 10.7. The minimum atomic E-state index is -0.531. The van der Waals surface area contributed by atoms with Crippen molar-refractivity contribution in [1.82, 2.24) is 0 Å². The van der Waals surface area contributed by atoms with Gasteiger partial charge in [0.15, 0.2) is 0 Å². The average Bonchev–Trinajstić information content (AvgIpc) is 2.42. The molecule has 5 nitrogen and oxygen atoms in total. The van der Waals surface area contributed by atoms with E-state index < -0.39 is 5.97 Å². The van der Waals surface area contributed by atoms with Crippen molar-refractivity contribution in [3.63, 3.8) is 0 Å². The Morgan fingerprint density at radius 2 is 2.29 bits per heavy atom. The highest BCUT2D eigenvalue weighted by atomic mass is 32.1. The Hall–Kier alpha value is -1.74. The van der Waals surface area contributed by atoms with Gasteiger partial charge in [-0.15, -0.1) is 11.3 Å². The summed E-state index contributed by atoms with van der Waals surface area (Å²) in [6.45, 7) is 8.76. The highest BCUT2D eigenvalue weighted by molar-refractivity contribution is 7.19. The Morgan fingerprint density at radius 1 is 1.64 bits per heavy atom. The molecule has 0 aliphatic carbocycles. The molecule has 0 aliphatic rings. The molecular weight excluding hydrogens is 202 g/mol. The Bertz CT molecular complexity index is 405. The molecule has 4 N–H and O–H groups in total. The first-order valence-electron chi connectivity index (χ1n) is 3.84. The molecule has 0 fully saturated rings. The van der Waals surface area contributed by atoms with E-state index in [4.69, 9.17) is 22.8 Å². The molecule has 1 rings (SSSR count). The molecule has 0 amide bonds. The number of hydrogen-bond donors (Lipinski definition) is 2. The van der Waals surface area contributed by atoms with Crippen LogP contribution in [0.4, 0.5) is 16.4 Å². The Kier molecular flexibility index (Phi) is 2.94. The third-order valence-electron chi connectivity index (χ3n) is 1.52. The summed E-state index contributed by atoms with van der Waals surface area (Å²) in [6, 6.07) is 0. The number of carbonyl (C=O) groups excluding carboxylic acids is 1. The summed E-state index contributed by atoms with van der Waals surface area (Å²) < 4.78 is 4.75. The van der Waals surface area contributed by atoms with Gasteiger partial charge in [0.1, 0.15) is 4.88 Å². The third-order valence-corrected chi connectivity index (χ3v) is 2.52. The van der Waals surface area contributed by atoms with Crippen molar-refractivity contribution >= 4 is 33.7 Å². The third kappa shape index (κ3) is 1.63. The number of anilines is 2. The highest BCUT2D eigenvalue weighted by Crippen LogP contribution is 2.40. The first-order valence-corrected chi connectivity index (χ1v) is 4.65. The zero-order valence-electron chi connectivity index (χ0n) is 7.53. The van der Waals surface area contributed by atoms with E-state index in [9.17, 15) is 4.79 Å². The molecule has 0 aliphatic heterocycles. The highest BCUT2D eigenvalue weighted by Gasteiger charge is 2.20. The summed E-state index contributed by atoms with van der Waals surface area (Å²) in [5.74, 6) is -0.531. The normalized spacial score (nSPS) is 9.43. The van der Waals surface area contributed by atoms with E-state index in [-0.39, 0.29) is 27.9 Å². The monoisotopic (exact) mass is 211 g/mol. The first-order chi connectivity index (χ1) is 6.61. The van der Waals surface area contributed by atoms with E-state index in [0.717, 1.165) is 11.3 Å². The fourth-order valence-corrected chi connectivity index (χ4v) is 1.74. The Balaban J connectivity index is 3.13.